The van der Waals surface area contributed by atoms with Crippen molar-refractivity contribution in [2.45, 2.75) is 38.8 Å². The summed E-state index contributed by atoms with van der Waals surface area (Å²) in [6, 6.07) is 3.38. The third-order valence-corrected chi connectivity index (χ3v) is 3.60. The fourth-order valence-corrected chi connectivity index (χ4v) is 2.46. The van der Waals surface area contributed by atoms with Crippen LogP contribution in [0.2, 0.25) is 0 Å². The van der Waals surface area contributed by atoms with E-state index in [0.29, 0.717) is 12.6 Å². The summed E-state index contributed by atoms with van der Waals surface area (Å²) in [4.78, 5) is 28.4. The highest BCUT2D eigenvalue weighted by Gasteiger charge is 2.26. The number of likely N-dealkylation sites (tertiary alicyclic amines) is 1. The summed E-state index contributed by atoms with van der Waals surface area (Å²) in [5.41, 5.74) is 0.793. The Morgan fingerprint density at radius 3 is 2.90 bits per heavy atom. The minimum atomic E-state index is -1.05. The predicted octanol–water partition coefficient (Wildman–Crippen LogP) is 1.86. The van der Waals surface area contributed by atoms with E-state index in [1.54, 1.807) is 6.07 Å². The second kappa shape index (κ2) is 6.36. The van der Waals surface area contributed by atoms with Gasteiger partial charge in [-0.25, -0.2) is 14.6 Å². The van der Waals surface area contributed by atoms with Crippen molar-refractivity contribution in [1.29, 1.82) is 0 Å². The second-order valence-electron chi connectivity index (χ2n) is 4.91. The van der Waals surface area contributed by atoms with Crippen LogP contribution in [0.3, 0.4) is 0 Å². The lowest BCUT2D eigenvalue weighted by Gasteiger charge is -2.23. The number of carbonyl (C=O) groups excluding carboxylic acids is 1. The molecule has 2 heterocycles. The van der Waals surface area contributed by atoms with Crippen molar-refractivity contribution in [2.24, 2.45) is 0 Å². The fourth-order valence-electron chi connectivity index (χ4n) is 2.46. The van der Waals surface area contributed by atoms with Crippen LogP contribution in [0.1, 0.15) is 42.2 Å². The molecule has 0 bridgehead atoms. The Bertz CT molecular complexity index is 487. The summed E-state index contributed by atoms with van der Waals surface area (Å²) in [5, 5.41) is 11.6. The highest BCUT2D eigenvalue weighted by atomic mass is 16.4. The first-order valence-electron chi connectivity index (χ1n) is 6.84. The SMILES string of the molecule is CCC1CCCN1C(=O)NCc1ccc(C(=O)O)nc1. The van der Waals surface area contributed by atoms with Crippen LogP contribution in [0.5, 0.6) is 0 Å². The number of nitrogens with zero attached hydrogens (tertiary/aromatic N) is 2. The molecule has 0 aliphatic carbocycles. The summed E-state index contributed by atoms with van der Waals surface area (Å²) in [6.45, 7) is 3.25. The molecule has 1 aliphatic heterocycles. The quantitative estimate of drug-likeness (QED) is 0.880. The molecule has 0 saturated carbocycles. The van der Waals surface area contributed by atoms with Gasteiger partial charge in [0, 0.05) is 25.3 Å². The summed E-state index contributed by atoms with van der Waals surface area (Å²) in [5.74, 6) is -1.05. The third kappa shape index (κ3) is 3.26. The first-order chi connectivity index (χ1) is 9.61. The molecule has 20 heavy (non-hydrogen) atoms. The number of aromatic nitrogens is 1. The molecule has 0 spiro atoms. The number of urea groups is 1. The lowest BCUT2D eigenvalue weighted by molar-refractivity contribution is 0.0690. The number of pyridine rings is 1. The first-order valence-corrected chi connectivity index (χ1v) is 6.84. The molecule has 108 valence electrons. The molecule has 2 rings (SSSR count). The van der Waals surface area contributed by atoms with E-state index in [9.17, 15) is 9.59 Å². The predicted molar refractivity (Wildman–Crippen MR) is 73.5 cm³/mol. The number of carboxylic acid groups (broad SMARTS) is 1. The molecule has 1 aromatic heterocycles. The van der Waals surface area contributed by atoms with Crippen molar-refractivity contribution in [3.05, 3.63) is 29.6 Å². The van der Waals surface area contributed by atoms with Crippen LogP contribution in [0.25, 0.3) is 0 Å². The van der Waals surface area contributed by atoms with E-state index >= 15 is 0 Å². The van der Waals surface area contributed by atoms with Gasteiger partial charge in [-0.15, -0.1) is 0 Å². The van der Waals surface area contributed by atoms with Crippen LogP contribution in [0, 0.1) is 0 Å². The minimum Gasteiger partial charge on any atom is -0.477 e. The maximum absolute atomic E-state index is 12.1. The van der Waals surface area contributed by atoms with Crippen LogP contribution in [-0.4, -0.2) is 39.6 Å². The Hall–Kier alpha value is -2.11. The summed E-state index contributed by atoms with van der Waals surface area (Å²) >= 11 is 0. The minimum absolute atomic E-state index is 0.00525. The first kappa shape index (κ1) is 14.3. The molecular formula is C14H19N3O3. The van der Waals surface area contributed by atoms with Gasteiger partial charge >= 0.3 is 12.0 Å². The average Bonchev–Trinajstić information content (AvgIpc) is 2.93. The largest absolute Gasteiger partial charge is 0.477 e. The summed E-state index contributed by atoms with van der Waals surface area (Å²) in [6.07, 6.45) is 4.58. The highest BCUT2D eigenvalue weighted by molar-refractivity contribution is 5.85. The van der Waals surface area contributed by atoms with Crippen molar-refractivity contribution in [3.8, 4) is 0 Å². The number of amides is 2. The van der Waals surface area contributed by atoms with Crippen LogP contribution in [-0.2, 0) is 6.54 Å². The van der Waals surface area contributed by atoms with Crippen molar-refractivity contribution in [3.63, 3.8) is 0 Å². The topological polar surface area (TPSA) is 82.5 Å². The summed E-state index contributed by atoms with van der Waals surface area (Å²) < 4.78 is 0. The van der Waals surface area contributed by atoms with Gasteiger partial charge in [0.25, 0.3) is 0 Å². The zero-order valence-electron chi connectivity index (χ0n) is 11.5. The fraction of sp³-hybridized carbons (Fsp3) is 0.500. The number of rotatable bonds is 4. The molecule has 1 aromatic rings. The van der Waals surface area contributed by atoms with E-state index in [1.807, 2.05) is 4.90 Å². The van der Waals surface area contributed by atoms with Gasteiger partial charge in [0.2, 0.25) is 0 Å². The molecule has 1 saturated heterocycles. The maximum Gasteiger partial charge on any atom is 0.354 e. The number of carboxylic acids is 1. The average molecular weight is 277 g/mol. The number of aromatic carboxylic acids is 1. The highest BCUT2D eigenvalue weighted by Crippen LogP contribution is 2.19. The Morgan fingerprint density at radius 1 is 1.50 bits per heavy atom. The van der Waals surface area contributed by atoms with Gasteiger partial charge in [-0.3, -0.25) is 0 Å². The molecule has 1 atom stereocenters. The second-order valence-corrected chi connectivity index (χ2v) is 4.91. The number of carbonyl (C=O) groups is 2. The molecule has 0 radical (unpaired) electrons. The van der Waals surface area contributed by atoms with Gasteiger partial charge in [-0.1, -0.05) is 13.0 Å². The van der Waals surface area contributed by atoms with E-state index in [2.05, 4.69) is 17.2 Å². The Kier molecular flexibility index (Phi) is 4.55. The molecule has 6 heteroatoms. The van der Waals surface area contributed by atoms with Crippen molar-refractivity contribution in [2.75, 3.05) is 6.54 Å². The number of nitrogens with one attached hydrogen (secondary N) is 1. The zero-order valence-corrected chi connectivity index (χ0v) is 11.5. The van der Waals surface area contributed by atoms with Gasteiger partial charge < -0.3 is 15.3 Å². The summed E-state index contributed by atoms with van der Waals surface area (Å²) in [7, 11) is 0. The van der Waals surface area contributed by atoms with Crippen molar-refractivity contribution >= 4 is 12.0 Å². The molecule has 0 aromatic carbocycles. The van der Waals surface area contributed by atoms with Gasteiger partial charge in [-0.05, 0) is 30.9 Å². The van der Waals surface area contributed by atoms with E-state index in [1.165, 1.54) is 12.3 Å². The zero-order chi connectivity index (χ0) is 14.5. The number of hydrogen-bond acceptors (Lipinski definition) is 3. The molecule has 2 N–H and O–H groups in total. The number of hydrogen-bond donors (Lipinski definition) is 2. The van der Waals surface area contributed by atoms with Gasteiger partial charge in [-0.2, -0.15) is 0 Å². The van der Waals surface area contributed by atoms with Crippen LogP contribution in [0.4, 0.5) is 4.79 Å². The van der Waals surface area contributed by atoms with E-state index < -0.39 is 5.97 Å². The molecule has 2 amide bonds. The lowest BCUT2D eigenvalue weighted by Crippen LogP contribution is -2.42. The van der Waals surface area contributed by atoms with E-state index in [0.717, 1.165) is 31.4 Å². The van der Waals surface area contributed by atoms with Crippen LogP contribution in [0.15, 0.2) is 18.3 Å². The molecule has 1 fully saturated rings. The van der Waals surface area contributed by atoms with Crippen LogP contribution >= 0.6 is 0 Å². The maximum atomic E-state index is 12.1. The molecular weight excluding hydrogens is 258 g/mol. The van der Waals surface area contributed by atoms with Gasteiger partial charge in [0.05, 0.1) is 0 Å². The monoisotopic (exact) mass is 277 g/mol. The Labute approximate surface area is 117 Å². The van der Waals surface area contributed by atoms with Gasteiger partial charge in [0.1, 0.15) is 5.69 Å². The van der Waals surface area contributed by atoms with Crippen molar-refractivity contribution in [1.82, 2.24) is 15.2 Å². The lowest BCUT2D eigenvalue weighted by atomic mass is 10.2. The van der Waals surface area contributed by atoms with Gasteiger partial charge in [0.15, 0.2) is 0 Å². The van der Waals surface area contributed by atoms with Crippen LogP contribution < -0.4 is 5.32 Å². The van der Waals surface area contributed by atoms with E-state index in [-0.39, 0.29) is 11.7 Å². The third-order valence-electron chi connectivity index (χ3n) is 3.60. The Balaban J connectivity index is 1.88. The molecule has 6 nitrogen and oxygen atoms in total. The molecule has 1 aliphatic rings. The Morgan fingerprint density at radius 2 is 2.30 bits per heavy atom. The van der Waals surface area contributed by atoms with Crippen molar-refractivity contribution < 1.29 is 14.7 Å². The smallest absolute Gasteiger partial charge is 0.354 e. The molecule has 1 unspecified atom stereocenters. The standard InChI is InChI=1S/C14H19N3O3/c1-2-11-4-3-7-17(11)14(20)16-9-10-5-6-12(13(18)19)15-8-10/h5-6,8,11H,2-4,7,9H2,1H3,(H,16,20)(H,18,19). The van der Waals surface area contributed by atoms with E-state index in [4.69, 9.17) is 5.11 Å². The normalized spacial score (nSPS) is 18.1.